The molecule has 0 aromatic carbocycles. The van der Waals surface area contributed by atoms with Crippen LogP contribution in [0.4, 0.5) is 0 Å². The summed E-state index contributed by atoms with van der Waals surface area (Å²) in [4.78, 5) is 0. The first-order chi connectivity index (χ1) is 5.28. The van der Waals surface area contributed by atoms with E-state index >= 15 is 0 Å². The van der Waals surface area contributed by atoms with Crippen LogP contribution in [0.3, 0.4) is 0 Å². The summed E-state index contributed by atoms with van der Waals surface area (Å²) >= 11 is 0. The van der Waals surface area contributed by atoms with E-state index in [0.29, 0.717) is 5.92 Å². The van der Waals surface area contributed by atoms with Gasteiger partial charge in [-0.3, -0.25) is 0 Å². The third-order valence-corrected chi connectivity index (χ3v) is 3.94. The Hall–Kier alpha value is -0.0400. The summed E-state index contributed by atoms with van der Waals surface area (Å²) in [5.74, 6) is 0.639. The van der Waals surface area contributed by atoms with Crippen molar-refractivity contribution >= 4 is 0 Å². The van der Waals surface area contributed by atoms with Gasteiger partial charge in [-0.2, -0.15) is 0 Å². The topological polar surface area (TPSA) is 20.2 Å². The van der Waals surface area contributed by atoms with Crippen molar-refractivity contribution in [1.82, 2.24) is 0 Å². The summed E-state index contributed by atoms with van der Waals surface area (Å²) in [6.07, 6.45) is 2.24. The highest BCUT2D eigenvalue weighted by molar-refractivity contribution is 4.96. The van der Waals surface area contributed by atoms with Crippen molar-refractivity contribution < 1.29 is 5.11 Å². The van der Waals surface area contributed by atoms with Gasteiger partial charge in [-0.1, -0.05) is 34.6 Å². The summed E-state index contributed by atoms with van der Waals surface area (Å²) in [7, 11) is 0. The lowest BCUT2D eigenvalue weighted by Crippen LogP contribution is -2.49. The molecule has 0 bridgehead atoms. The molecule has 0 heterocycles. The average Bonchev–Trinajstić information content (AvgIpc) is 1.96. The maximum atomic E-state index is 10.1. The van der Waals surface area contributed by atoms with Gasteiger partial charge < -0.3 is 5.11 Å². The average molecular weight is 170 g/mol. The summed E-state index contributed by atoms with van der Waals surface area (Å²) < 4.78 is 0. The maximum absolute atomic E-state index is 10.1. The fraction of sp³-hybridized carbons (Fsp3) is 1.00. The van der Waals surface area contributed by atoms with Crippen molar-refractivity contribution in [3.05, 3.63) is 0 Å². The highest BCUT2D eigenvalue weighted by Gasteiger charge is 2.46. The van der Waals surface area contributed by atoms with Gasteiger partial charge in [-0.15, -0.1) is 0 Å². The Balaban J connectivity index is 2.86. The van der Waals surface area contributed by atoms with E-state index in [2.05, 4.69) is 34.6 Å². The molecule has 0 aromatic heterocycles. The molecule has 0 saturated heterocycles. The molecule has 72 valence electrons. The fourth-order valence-electron chi connectivity index (χ4n) is 2.37. The number of aliphatic hydroxyl groups is 1. The van der Waals surface area contributed by atoms with Crippen LogP contribution < -0.4 is 0 Å². The summed E-state index contributed by atoms with van der Waals surface area (Å²) in [6.45, 7) is 11.0. The lowest BCUT2D eigenvalue weighted by atomic mass is 9.58. The molecule has 1 aliphatic rings. The van der Waals surface area contributed by atoms with Gasteiger partial charge in [-0.25, -0.2) is 0 Å². The lowest BCUT2D eigenvalue weighted by molar-refractivity contribution is -0.103. The zero-order chi connectivity index (χ0) is 9.57. The van der Waals surface area contributed by atoms with E-state index in [9.17, 15) is 5.11 Å². The van der Waals surface area contributed by atoms with Crippen molar-refractivity contribution in [2.75, 3.05) is 0 Å². The molecule has 1 rings (SSSR count). The van der Waals surface area contributed by atoms with Gasteiger partial charge in [0, 0.05) is 0 Å². The standard InChI is InChI=1S/C11H22O/c1-8-6-7-10(2,3)9(12)11(8,4)5/h8-9,12H,6-7H2,1-5H3/t8-,9?/m1/s1. The first-order valence-electron chi connectivity index (χ1n) is 4.96. The second kappa shape index (κ2) is 2.73. The Bertz CT molecular complexity index is 170. The molecule has 1 fully saturated rings. The molecule has 1 heteroatoms. The van der Waals surface area contributed by atoms with Crippen LogP contribution in [0.2, 0.25) is 0 Å². The molecule has 1 nitrogen and oxygen atoms in total. The van der Waals surface area contributed by atoms with Crippen LogP contribution in [-0.2, 0) is 0 Å². The van der Waals surface area contributed by atoms with Crippen molar-refractivity contribution in [2.24, 2.45) is 16.7 Å². The molecule has 0 radical (unpaired) electrons. The highest BCUT2D eigenvalue weighted by Crippen LogP contribution is 2.48. The smallest absolute Gasteiger partial charge is 0.0644 e. The second-order valence-corrected chi connectivity index (χ2v) is 5.65. The Labute approximate surface area is 76.2 Å². The first-order valence-corrected chi connectivity index (χ1v) is 4.96. The third-order valence-electron chi connectivity index (χ3n) is 3.94. The summed E-state index contributed by atoms with van der Waals surface area (Å²) in [5.41, 5.74) is 0.192. The fourth-order valence-corrected chi connectivity index (χ4v) is 2.37. The van der Waals surface area contributed by atoms with E-state index < -0.39 is 0 Å². The monoisotopic (exact) mass is 170 g/mol. The largest absolute Gasteiger partial charge is 0.392 e. The van der Waals surface area contributed by atoms with E-state index in [1.54, 1.807) is 0 Å². The molecule has 1 saturated carbocycles. The SMILES string of the molecule is C[C@@H]1CCC(C)(C)C(O)C1(C)C. The minimum absolute atomic E-state index is 0.0851. The lowest BCUT2D eigenvalue weighted by Gasteiger charge is -2.49. The molecule has 1 N–H and O–H groups in total. The molecule has 0 aromatic rings. The molecular weight excluding hydrogens is 148 g/mol. The van der Waals surface area contributed by atoms with Crippen LogP contribution in [0, 0.1) is 16.7 Å². The van der Waals surface area contributed by atoms with Crippen LogP contribution in [0.5, 0.6) is 0 Å². The molecule has 0 spiro atoms. The zero-order valence-electron chi connectivity index (χ0n) is 9.02. The Kier molecular flexibility index (Phi) is 2.28. The molecule has 2 atom stereocenters. The van der Waals surface area contributed by atoms with E-state index in [0.717, 1.165) is 6.42 Å². The molecule has 1 unspecified atom stereocenters. The van der Waals surface area contributed by atoms with Crippen LogP contribution in [0.1, 0.15) is 47.5 Å². The van der Waals surface area contributed by atoms with Gasteiger partial charge in [0.1, 0.15) is 0 Å². The molecule has 0 aliphatic heterocycles. The summed E-state index contributed by atoms with van der Waals surface area (Å²) in [5, 5.41) is 10.1. The van der Waals surface area contributed by atoms with Gasteiger partial charge in [0.15, 0.2) is 0 Å². The summed E-state index contributed by atoms with van der Waals surface area (Å²) in [6, 6.07) is 0. The molecular formula is C11H22O. The predicted molar refractivity (Wildman–Crippen MR) is 52.0 cm³/mol. The number of rotatable bonds is 0. The Morgan fingerprint density at radius 1 is 1.17 bits per heavy atom. The van der Waals surface area contributed by atoms with Gasteiger partial charge in [-0.05, 0) is 29.6 Å². The van der Waals surface area contributed by atoms with Crippen LogP contribution in [-0.4, -0.2) is 11.2 Å². The van der Waals surface area contributed by atoms with Crippen LogP contribution >= 0.6 is 0 Å². The van der Waals surface area contributed by atoms with E-state index in [1.165, 1.54) is 6.42 Å². The van der Waals surface area contributed by atoms with Gasteiger partial charge in [0.05, 0.1) is 6.10 Å². The normalized spacial score (nSPS) is 39.5. The number of hydrogen-bond acceptors (Lipinski definition) is 1. The van der Waals surface area contributed by atoms with Crippen LogP contribution in [0.25, 0.3) is 0 Å². The highest BCUT2D eigenvalue weighted by atomic mass is 16.3. The first kappa shape index (κ1) is 10.0. The van der Waals surface area contributed by atoms with Crippen molar-refractivity contribution in [3.8, 4) is 0 Å². The van der Waals surface area contributed by atoms with Crippen molar-refractivity contribution in [2.45, 2.75) is 53.6 Å². The third kappa shape index (κ3) is 1.39. The Morgan fingerprint density at radius 2 is 1.67 bits per heavy atom. The molecule has 12 heavy (non-hydrogen) atoms. The van der Waals surface area contributed by atoms with Crippen LogP contribution in [0.15, 0.2) is 0 Å². The molecule has 0 amide bonds. The maximum Gasteiger partial charge on any atom is 0.0644 e. The molecule has 1 aliphatic carbocycles. The van der Waals surface area contributed by atoms with Gasteiger partial charge >= 0.3 is 0 Å². The quantitative estimate of drug-likeness (QED) is 0.592. The number of hydrogen-bond donors (Lipinski definition) is 1. The second-order valence-electron chi connectivity index (χ2n) is 5.65. The predicted octanol–water partition coefficient (Wildman–Crippen LogP) is 2.83. The van der Waals surface area contributed by atoms with E-state index in [1.807, 2.05) is 0 Å². The minimum Gasteiger partial charge on any atom is -0.392 e. The Morgan fingerprint density at radius 3 is 2.08 bits per heavy atom. The van der Waals surface area contributed by atoms with E-state index in [-0.39, 0.29) is 16.9 Å². The number of aliphatic hydroxyl groups excluding tert-OH is 1. The van der Waals surface area contributed by atoms with E-state index in [4.69, 9.17) is 0 Å². The zero-order valence-corrected chi connectivity index (χ0v) is 9.02. The van der Waals surface area contributed by atoms with Crippen molar-refractivity contribution in [3.63, 3.8) is 0 Å². The van der Waals surface area contributed by atoms with Gasteiger partial charge in [0.2, 0.25) is 0 Å². The van der Waals surface area contributed by atoms with Gasteiger partial charge in [0.25, 0.3) is 0 Å². The minimum atomic E-state index is -0.159. The van der Waals surface area contributed by atoms with Crippen molar-refractivity contribution in [1.29, 1.82) is 0 Å².